The third-order valence-electron chi connectivity index (χ3n) is 3.73. The molecule has 4 rings (SSSR count). The van der Waals surface area contributed by atoms with Crippen LogP contribution in [-0.2, 0) is 0 Å². The average molecular weight is 329 g/mol. The molecule has 110 valence electrons. The minimum atomic E-state index is 0.0597. The Morgan fingerprint density at radius 2 is 2.05 bits per heavy atom. The Morgan fingerprint density at radius 1 is 1.23 bits per heavy atom. The van der Waals surface area contributed by atoms with Crippen molar-refractivity contribution < 1.29 is 0 Å². The molecule has 1 N–H and O–H groups in total. The molecule has 3 heterocycles. The number of anilines is 1. The van der Waals surface area contributed by atoms with Crippen LogP contribution in [0.5, 0.6) is 0 Å². The minimum absolute atomic E-state index is 0.0597. The smallest absolute Gasteiger partial charge is 0.226 e. The van der Waals surface area contributed by atoms with Crippen molar-refractivity contribution in [2.45, 2.75) is 13.0 Å². The van der Waals surface area contributed by atoms with Crippen LogP contribution in [0.1, 0.15) is 22.0 Å². The van der Waals surface area contributed by atoms with E-state index in [-0.39, 0.29) is 6.04 Å². The molecule has 0 radical (unpaired) electrons. The molecule has 2 aromatic heterocycles. The van der Waals surface area contributed by atoms with Crippen molar-refractivity contribution in [3.63, 3.8) is 0 Å². The molecule has 1 aliphatic rings. The molecular weight excluding hydrogens is 316 g/mol. The van der Waals surface area contributed by atoms with Crippen molar-refractivity contribution in [1.82, 2.24) is 14.8 Å². The van der Waals surface area contributed by atoms with E-state index in [9.17, 15) is 0 Å². The molecule has 22 heavy (non-hydrogen) atoms. The molecule has 1 atom stereocenters. The van der Waals surface area contributed by atoms with E-state index in [1.54, 1.807) is 17.7 Å². The fraction of sp³-hybridized carbons (Fsp3) is 0.125. The molecule has 0 saturated heterocycles. The van der Waals surface area contributed by atoms with Crippen LogP contribution in [0.4, 0.5) is 5.95 Å². The van der Waals surface area contributed by atoms with E-state index >= 15 is 0 Å². The molecule has 0 aliphatic carbocycles. The van der Waals surface area contributed by atoms with Crippen LogP contribution < -0.4 is 5.32 Å². The Morgan fingerprint density at radius 3 is 2.77 bits per heavy atom. The van der Waals surface area contributed by atoms with Crippen LogP contribution in [0.25, 0.3) is 5.70 Å². The largest absolute Gasteiger partial charge is 0.324 e. The number of thiophene rings is 1. The number of aromatic nitrogens is 3. The van der Waals surface area contributed by atoms with Gasteiger partial charge in [0.15, 0.2) is 0 Å². The van der Waals surface area contributed by atoms with E-state index in [2.05, 4.69) is 39.8 Å². The van der Waals surface area contributed by atoms with Crippen LogP contribution in [-0.4, -0.2) is 14.8 Å². The molecule has 0 bridgehead atoms. The first-order valence-electron chi connectivity index (χ1n) is 6.90. The van der Waals surface area contributed by atoms with Crippen molar-refractivity contribution in [3.8, 4) is 0 Å². The van der Waals surface area contributed by atoms with Crippen molar-refractivity contribution >= 4 is 34.6 Å². The third kappa shape index (κ3) is 2.23. The highest BCUT2D eigenvalue weighted by Gasteiger charge is 2.25. The first-order valence-corrected chi connectivity index (χ1v) is 8.16. The predicted octanol–water partition coefficient (Wildman–Crippen LogP) is 4.36. The Kier molecular flexibility index (Phi) is 3.24. The molecule has 6 heteroatoms. The van der Waals surface area contributed by atoms with E-state index in [0.29, 0.717) is 0 Å². The van der Waals surface area contributed by atoms with Gasteiger partial charge >= 0.3 is 0 Å². The van der Waals surface area contributed by atoms with Gasteiger partial charge in [-0.05, 0) is 47.7 Å². The molecule has 0 saturated carbocycles. The lowest BCUT2D eigenvalue weighted by Crippen LogP contribution is -2.20. The first kappa shape index (κ1) is 13.5. The number of fused-ring (bicyclic) bond motifs is 1. The number of nitrogens with one attached hydrogen (secondary N) is 1. The van der Waals surface area contributed by atoms with E-state index in [0.717, 1.165) is 22.2 Å². The zero-order chi connectivity index (χ0) is 15.1. The Labute approximate surface area is 137 Å². The molecule has 0 amide bonds. The van der Waals surface area contributed by atoms with Gasteiger partial charge in [-0.2, -0.15) is 10.1 Å². The first-order chi connectivity index (χ1) is 10.7. The van der Waals surface area contributed by atoms with Gasteiger partial charge in [-0.25, -0.2) is 4.68 Å². The second kappa shape index (κ2) is 5.26. The third-order valence-corrected chi connectivity index (χ3v) is 5.07. The van der Waals surface area contributed by atoms with Crippen LogP contribution in [0, 0.1) is 6.92 Å². The van der Waals surface area contributed by atoms with Crippen molar-refractivity contribution in [3.05, 3.63) is 69.1 Å². The molecule has 1 aliphatic heterocycles. The minimum Gasteiger partial charge on any atom is -0.324 e. The second-order valence-corrected chi connectivity index (χ2v) is 6.54. The lowest BCUT2D eigenvalue weighted by Gasteiger charge is -2.24. The number of benzene rings is 1. The van der Waals surface area contributed by atoms with Gasteiger partial charge in [0.2, 0.25) is 5.95 Å². The zero-order valence-electron chi connectivity index (χ0n) is 11.8. The van der Waals surface area contributed by atoms with Crippen LogP contribution in [0.2, 0.25) is 5.02 Å². The molecular formula is C16H13ClN4S. The fourth-order valence-corrected chi connectivity index (χ4v) is 3.71. The monoisotopic (exact) mass is 328 g/mol. The van der Waals surface area contributed by atoms with Crippen LogP contribution in [0.3, 0.4) is 0 Å². The molecule has 1 aromatic carbocycles. The highest BCUT2D eigenvalue weighted by atomic mass is 35.5. The van der Waals surface area contributed by atoms with Gasteiger partial charge < -0.3 is 5.32 Å². The summed E-state index contributed by atoms with van der Waals surface area (Å²) in [6.07, 6.45) is 3.76. The van der Waals surface area contributed by atoms with E-state index in [1.165, 1.54) is 10.4 Å². The van der Waals surface area contributed by atoms with Crippen molar-refractivity contribution in [2.75, 3.05) is 5.32 Å². The van der Waals surface area contributed by atoms with Gasteiger partial charge in [-0.3, -0.25) is 0 Å². The topological polar surface area (TPSA) is 42.7 Å². The average Bonchev–Trinajstić information content (AvgIpc) is 3.15. The summed E-state index contributed by atoms with van der Waals surface area (Å²) < 4.78 is 1.91. The summed E-state index contributed by atoms with van der Waals surface area (Å²) in [5.41, 5.74) is 3.37. The van der Waals surface area contributed by atoms with Gasteiger partial charge in [-0.15, -0.1) is 11.3 Å². The van der Waals surface area contributed by atoms with Gasteiger partial charge in [0.1, 0.15) is 12.4 Å². The summed E-state index contributed by atoms with van der Waals surface area (Å²) in [7, 11) is 0. The predicted molar refractivity (Wildman–Crippen MR) is 90.3 cm³/mol. The molecule has 1 unspecified atom stereocenters. The van der Waals surface area contributed by atoms with E-state index in [4.69, 9.17) is 11.6 Å². The van der Waals surface area contributed by atoms with Crippen molar-refractivity contribution in [1.29, 1.82) is 0 Å². The summed E-state index contributed by atoms with van der Waals surface area (Å²) in [6, 6.07) is 9.99. The number of hydrogen-bond donors (Lipinski definition) is 1. The molecule has 0 fully saturated rings. The maximum absolute atomic E-state index is 5.98. The number of halogens is 1. The Bertz CT molecular complexity index is 847. The lowest BCUT2D eigenvalue weighted by atomic mass is 10.1. The summed E-state index contributed by atoms with van der Waals surface area (Å²) in [6.45, 7) is 2.13. The van der Waals surface area contributed by atoms with Gasteiger partial charge in [0.05, 0.1) is 0 Å². The van der Waals surface area contributed by atoms with Gasteiger partial charge in [0.25, 0.3) is 0 Å². The number of aryl methyl sites for hydroxylation is 1. The summed E-state index contributed by atoms with van der Waals surface area (Å²) in [5.74, 6) is 0.755. The maximum Gasteiger partial charge on any atom is 0.226 e. The Hall–Kier alpha value is -2.11. The van der Waals surface area contributed by atoms with Crippen LogP contribution in [0.15, 0.2) is 48.1 Å². The summed E-state index contributed by atoms with van der Waals surface area (Å²) in [5, 5.41) is 10.5. The number of nitrogens with zero attached hydrogens (tertiary/aromatic N) is 3. The normalized spacial score (nSPS) is 16.8. The SMILES string of the molecule is Cc1ccsc1C1C=C(c2ccc(Cl)cc2)Nc2ncnn21. The maximum atomic E-state index is 5.98. The summed E-state index contributed by atoms with van der Waals surface area (Å²) >= 11 is 7.72. The fourth-order valence-electron chi connectivity index (χ4n) is 2.61. The molecule has 0 spiro atoms. The molecule has 3 aromatic rings. The standard InChI is InChI=1S/C16H13ClN4S/c1-10-6-7-22-15(10)14-8-13(11-2-4-12(17)5-3-11)20-16-18-9-19-21(14)16/h2-9,14H,1H3,(H,18,19,20). The lowest BCUT2D eigenvalue weighted by molar-refractivity contribution is 0.618. The van der Waals surface area contributed by atoms with E-state index in [1.807, 2.05) is 28.9 Å². The highest BCUT2D eigenvalue weighted by molar-refractivity contribution is 7.10. The van der Waals surface area contributed by atoms with Gasteiger partial charge in [-0.1, -0.05) is 23.7 Å². The number of allylic oxidation sites excluding steroid dienone is 1. The zero-order valence-corrected chi connectivity index (χ0v) is 13.4. The van der Waals surface area contributed by atoms with Crippen molar-refractivity contribution in [2.24, 2.45) is 0 Å². The van der Waals surface area contributed by atoms with E-state index < -0.39 is 0 Å². The quantitative estimate of drug-likeness (QED) is 0.760. The van der Waals surface area contributed by atoms with Gasteiger partial charge in [0, 0.05) is 15.6 Å². The number of rotatable bonds is 2. The Balaban J connectivity index is 1.82. The molecule has 4 nitrogen and oxygen atoms in total. The number of hydrogen-bond acceptors (Lipinski definition) is 4. The summed E-state index contributed by atoms with van der Waals surface area (Å²) in [4.78, 5) is 5.60. The van der Waals surface area contributed by atoms with Crippen LogP contribution >= 0.6 is 22.9 Å². The highest BCUT2D eigenvalue weighted by Crippen LogP contribution is 2.35. The second-order valence-electron chi connectivity index (χ2n) is 5.15.